The van der Waals surface area contributed by atoms with E-state index in [1.54, 1.807) is 6.20 Å². The highest BCUT2D eigenvalue weighted by molar-refractivity contribution is 7.09. The average Bonchev–Trinajstić information content (AvgIpc) is 2.71. The third-order valence-corrected chi connectivity index (χ3v) is 3.33. The largest absolute Gasteiger partial charge is 0.386 e. The third kappa shape index (κ3) is 2.07. The summed E-state index contributed by atoms with van der Waals surface area (Å²) in [5.41, 5.74) is 0. The number of aliphatic hydroxyl groups is 1. The summed E-state index contributed by atoms with van der Waals surface area (Å²) in [5, 5.41) is 16.0. The molecule has 2 heterocycles. The number of nitrogens with zero attached hydrogens (tertiary/aromatic N) is 1. The first-order valence-electron chi connectivity index (χ1n) is 4.66. The van der Waals surface area contributed by atoms with Gasteiger partial charge in [0.1, 0.15) is 11.1 Å². The number of thiazole rings is 1. The number of hydrogen-bond acceptors (Lipinski definition) is 4. The molecule has 0 bridgehead atoms. The molecule has 0 spiro atoms. The molecule has 2 rings (SSSR count). The molecule has 1 aromatic rings. The van der Waals surface area contributed by atoms with Gasteiger partial charge < -0.3 is 10.4 Å². The summed E-state index contributed by atoms with van der Waals surface area (Å²) in [5.74, 6) is 0.347. The van der Waals surface area contributed by atoms with E-state index in [4.69, 9.17) is 0 Å². The van der Waals surface area contributed by atoms with Gasteiger partial charge in [0.05, 0.1) is 0 Å². The average molecular weight is 198 g/mol. The van der Waals surface area contributed by atoms with E-state index >= 15 is 0 Å². The van der Waals surface area contributed by atoms with Crippen molar-refractivity contribution in [2.24, 2.45) is 5.92 Å². The maximum absolute atomic E-state index is 9.94. The van der Waals surface area contributed by atoms with E-state index in [9.17, 15) is 5.11 Å². The minimum absolute atomic E-state index is 0.347. The molecule has 0 saturated carbocycles. The Morgan fingerprint density at radius 3 is 3.23 bits per heavy atom. The van der Waals surface area contributed by atoms with Crippen molar-refractivity contribution < 1.29 is 5.11 Å². The first kappa shape index (κ1) is 9.12. The lowest BCUT2D eigenvalue weighted by Gasteiger charge is -2.25. The van der Waals surface area contributed by atoms with Crippen molar-refractivity contribution in [2.75, 3.05) is 13.1 Å². The molecule has 1 saturated heterocycles. The zero-order valence-corrected chi connectivity index (χ0v) is 8.26. The van der Waals surface area contributed by atoms with Gasteiger partial charge in [0, 0.05) is 24.0 Å². The SMILES string of the molecule is O[C@@H](c1nccs1)[C@H]1CCCNC1. The molecule has 1 fully saturated rings. The van der Waals surface area contributed by atoms with Crippen molar-refractivity contribution >= 4 is 11.3 Å². The van der Waals surface area contributed by atoms with E-state index in [1.807, 2.05) is 5.38 Å². The molecule has 0 aliphatic carbocycles. The van der Waals surface area contributed by atoms with Crippen molar-refractivity contribution in [3.8, 4) is 0 Å². The van der Waals surface area contributed by atoms with Gasteiger partial charge in [-0.1, -0.05) is 0 Å². The van der Waals surface area contributed by atoms with E-state index in [1.165, 1.54) is 11.3 Å². The lowest BCUT2D eigenvalue weighted by atomic mass is 9.94. The van der Waals surface area contributed by atoms with E-state index in [0.717, 1.165) is 30.9 Å². The fraction of sp³-hybridized carbons (Fsp3) is 0.667. The highest BCUT2D eigenvalue weighted by Crippen LogP contribution is 2.27. The van der Waals surface area contributed by atoms with Crippen LogP contribution in [0.25, 0.3) is 0 Å². The number of aromatic nitrogens is 1. The van der Waals surface area contributed by atoms with E-state index in [0.29, 0.717) is 5.92 Å². The fourth-order valence-electron chi connectivity index (χ4n) is 1.73. The van der Waals surface area contributed by atoms with Gasteiger partial charge in [-0.15, -0.1) is 11.3 Å². The van der Waals surface area contributed by atoms with Crippen LogP contribution in [0, 0.1) is 5.92 Å². The molecule has 4 heteroatoms. The maximum Gasteiger partial charge on any atom is 0.121 e. The number of aliphatic hydroxyl groups excluding tert-OH is 1. The van der Waals surface area contributed by atoms with Gasteiger partial charge in [0.25, 0.3) is 0 Å². The third-order valence-electron chi connectivity index (χ3n) is 2.49. The fourth-order valence-corrected chi connectivity index (χ4v) is 2.45. The minimum atomic E-state index is -0.368. The molecule has 1 aromatic heterocycles. The Hall–Kier alpha value is -0.450. The maximum atomic E-state index is 9.94. The van der Waals surface area contributed by atoms with Crippen molar-refractivity contribution in [1.82, 2.24) is 10.3 Å². The summed E-state index contributed by atoms with van der Waals surface area (Å²) in [6.45, 7) is 2.00. The second kappa shape index (κ2) is 4.17. The number of hydrogen-bond donors (Lipinski definition) is 2. The molecular formula is C9H14N2OS. The van der Waals surface area contributed by atoms with Crippen molar-refractivity contribution in [3.63, 3.8) is 0 Å². The van der Waals surface area contributed by atoms with Gasteiger partial charge in [0.15, 0.2) is 0 Å². The highest BCUT2D eigenvalue weighted by Gasteiger charge is 2.24. The molecule has 2 atom stereocenters. The van der Waals surface area contributed by atoms with Crippen LogP contribution in [0.1, 0.15) is 24.0 Å². The van der Waals surface area contributed by atoms with E-state index < -0.39 is 0 Å². The first-order chi connectivity index (χ1) is 6.38. The molecule has 0 radical (unpaired) electrons. The van der Waals surface area contributed by atoms with Crippen LogP contribution in [0.15, 0.2) is 11.6 Å². The molecule has 2 N–H and O–H groups in total. The Morgan fingerprint density at radius 2 is 2.62 bits per heavy atom. The summed E-state index contributed by atoms with van der Waals surface area (Å²) in [6.07, 6.45) is 3.65. The van der Waals surface area contributed by atoms with Crippen molar-refractivity contribution in [3.05, 3.63) is 16.6 Å². The van der Waals surface area contributed by atoms with Crippen LogP contribution in [0.2, 0.25) is 0 Å². The van der Waals surface area contributed by atoms with Crippen LogP contribution < -0.4 is 5.32 Å². The molecule has 3 nitrogen and oxygen atoms in total. The summed E-state index contributed by atoms with van der Waals surface area (Å²) in [6, 6.07) is 0. The standard InChI is InChI=1S/C9H14N2OS/c12-8(9-11-4-5-13-9)7-2-1-3-10-6-7/h4-5,7-8,10,12H,1-3,6H2/t7-,8+/m0/s1. The van der Waals surface area contributed by atoms with E-state index in [2.05, 4.69) is 10.3 Å². The summed E-state index contributed by atoms with van der Waals surface area (Å²) < 4.78 is 0. The molecule has 0 amide bonds. The van der Waals surface area contributed by atoms with E-state index in [-0.39, 0.29) is 6.10 Å². The van der Waals surface area contributed by atoms with Crippen LogP contribution >= 0.6 is 11.3 Å². The minimum Gasteiger partial charge on any atom is -0.386 e. The zero-order valence-electron chi connectivity index (χ0n) is 7.44. The monoisotopic (exact) mass is 198 g/mol. The topological polar surface area (TPSA) is 45.2 Å². The molecule has 0 aromatic carbocycles. The number of piperidine rings is 1. The molecule has 0 unspecified atom stereocenters. The van der Waals surface area contributed by atoms with Gasteiger partial charge in [-0.25, -0.2) is 4.98 Å². The molecule has 1 aliphatic rings. The predicted molar refractivity (Wildman–Crippen MR) is 52.7 cm³/mol. The Morgan fingerprint density at radius 1 is 1.69 bits per heavy atom. The Bertz CT molecular complexity index is 244. The normalized spacial score (nSPS) is 25.8. The second-order valence-corrected chi connectivity index (χ2v) is 4.35. The summed E-state index contributed by atoms with van der Waals surface area (Å²) in [4.78, 5) is 4.13. The predicted octanol–water partition coefficient (Wildman–Crippen LogP) is 1.18. The summed E-state index contributed by atoms with van der Waals surface area (Å²) in [7, 11) is 0. The molecular weight excluding hydrogens is 184 g/mol. The smallest absolute Gasteiger partial charge is 0.121 e. The van der Waals surface area contributed by atoms with Gasteiger partial charge in [-0.2, -0.15) is 0 Å². The van der Waals surface area contributed by atoms with Crippen molar-refractivity contribution in [1.29, 1.82) is 0 Å². The molecule has 13 heavy (non-hydrogen) atoms. The second-order valence-electron chi connectivity index (χ2n) is 3.42. The van der Waals surface area contributed by atoms with Gasteiger partial charge in [-0.3, -0.25) is 0 Å². The lowest BCUT2D eigenvalue weighted by Crippen LogP contribution is -2.33. The Kier molecular flexibility index (Phi) is 2.93. The van der Waals surface area contributed by atoms with Gasteiger partial charge >= 0.3 is 0 Å². The quantitative estimate of drug-likeness (QED) is 0.750. The van der Waals surface area contributed by atoms with Crippen LogP contribution in [-0.4, -0.2) is 23.2 Å². The van der Waals surface area contributed by atoms with Crippen LogP contribution in [0.5, 0.6) is 0 Å². The molecule has 72 valence electrons. The van der Waals surface area contributed by atoms with Crippen LogP contribution in [0.3, 0.4) is 0 Å². The molecule has 1 aliphatic heterocycles. The first-order valence-corrected chi connectivity index (χ1v) is 5.54. The highest BCUT2D eigenvalue weighted by atomic mass is 32.1. The van der Waals surface area contributed by atoms with Crippen LogP contribution in [0.4, 0.5) is 0 Å². The van der Waals surface area contributed by atoms with Gasteiger partial charge in [-0.05, 0) is 19.4 Å². The van der Waals surface area contributed by atoms with Gasteiger partial charge in [0.2, 0.25) is 0 Å². The number of rotatable bonds is 2. The lowest BCUT2D eigenvalue weighted by molar-refractivity contribution is 0.0919. The van der Waals surface area contributed by atoms with Crippen molar-refractivity contribution in [2.45, 2.75) is 18.9 Å². The Balaban J connectivity index is 1.99. The zero-order chi connectivity index (χ0) is 9.10. The number of nitrogens with one attached hydrogen (secondary N) is 1. The Labute approximate surface area is 81.8 Å². The summed E-state index contributed by atoms with van der Waals surface area (Å²) >= 11 is 1.54. The van der Waals surface area contributed by atoms with Crippen LogP contribution in [-0.2, 0) is 0 Å².